The fourth-order valence-electron chi connectivity index (χ4n) is 1.67. The van der Waals surface area contributed by atoms with Crippen LogP contribution in [0.25, 0.3) is 0 Å². The largest absolute Gasteiger partial charge is 0.374 e. The van der Waals surface area contributed by atoms with Gasteiger partial charge in [0.2, 0.25) is 0 Å². The van der Waals surface area contributed by atoms with E-state index in [0.29, 0.717) is 13.2 Å². The number of alkyl halides is 2. The van der Waals surface area contributed by atoms with Crippen molar-refractivity contribution in [2.75, 3.05) is 19.8 Å². The quantitative estimate of drug-likeness (QED) is 0.736. The van der Waals surface area contributed by atoms with E-state index in [9.17, 15) is 8.78 Å². The number of rotatable bonds is 8. The molecule has 0 saturated heterocycles. The highest BCUT2D eigenvalue weighted by molar-refractivity contribution is 9.10. The molecule has 0 saturated carbocycles. The van der Waals surface area contributed by atoms with Crippen molar-refractivity contribution in [3.63, 3.8) is 0 Å². The third-order valence-corrected chi connectivity index (χ3v) is 3.09. The first-order chi connectivity index (χ1) is 8.63. The van der Waals surface area contributed by atoms with Crippen molar-refractivity contribution in [2.24, 2.45) is 0 Å². The molecule has 0 fully saturated rings. The number of hydrogen-bond acceptors (Lipinski definition) is 2. The van der Waals surface area contributed by atoms with Crippen LogP contribution in [0.15, 0.2) is 28.7 Å². The molecule has 1 atom stereocenters. The van der Waals surface area contributed by atoms with Gasteiger partial charge in [-0.3, -0.25) is 0 Å². The first-order valence-electron chi connectivity index (χ1n) is 5.98. The lowest BCUT2D eigenvalue weighted by molar-refractivity contribution is 0.0181. The topological polar surface area (TPSA) is 21.3 Å². The summed E-state index contributed by atoms with van der Waals surface area (Å²) in [4.78, 5) is 0. The van der Waals surface area contributed by atoms with Crippen LogP contribution in [-0.2, 0) is 4.74 Å². The lowest BCUT2D eigenvalue weighted by atomic mass is 10.1. The highest BCUT2D eigenvalue weighted by Gasteiger charge is 2.08. The molecule has 102 valence electrons. The average molecular weight is 322 g/mol. The zero-order valence-electron chi connectivity index (χ0n) is 10.3. The molecule has 0 aliphatic heterocycles. The summed E-state index contributed by atoms with van der Waals surface area (Å²) in [7, 11) is 0. The summed E-state index contributed by atoms with van der Waals surface area (Å²) in [5, 5.41) is 3.29. The normalized spacial score (nSPS) is 12.9. The van der Waals surface area contributed by atoms with Gasteiger partial charge in [-0.25, -0.2) is 8.78 Å². The van der Waals surface area contributed by atoms with E-state index in [-0.39, 0.29) is 6.04 Å². The minimum absolute atomic E-state index is 0.230. The number of halogens is 3. The molecular formula is C13H18BrF2NO. The highest BCUT2D eigenvalue weighted by Crippen LogP contribution is 2.19. The molecule has 18 heavy (non-hydrogen) atoms. The Balaban J connectivity index is 2.31. The minimum atomic E-state index is -2.39. The van der Waals surface area contributed by atoms with Crippen molar-refractivity contribution >= 4 is 15.9 Å². The summed E-state index contributed by atoms with van der Waals surface area (Å²) in [6.45, 7) is 2.47. The molecule has 2 nitrogen and oxygen atoms in total. The maximum Gasteiger partial charge on any atom is 0.261 e. The molecule has 0 bridgehead atoms. The Morgan fingerprint density at radius 2 is 1.94 bits per heavy atom. The molecule has 1 rings (SSSR count). The third kappa shape index (κ3) is 5.89. The van der Waals surface area contributed by atoms with Crippen molar-refractivity contribution in [1.29, 1.82) is 0 Å². The zero-order chi connectivity index (χ0) is 13.4. The Labute approximate surface area is 115 Å². The molecule has 1 unspecified atom stereocenters. The maximum absolute atomic E-state index is 11.8. The van der Waals surface area contributed by atoms with Crippen LogP contribution in [0, 0.1) is 0 Å². The van der Waals surface area contributed by atoms with E-state index in [1.54, 1.807) is 0 Å². The molecule has 1 aromatic carbocycles. The summed E-state index contributed by atoms with van der Waals surface area (Å²) >= 11 is 3.39. The van der Waals surface area contributed by atoms with Crippen molar-refractivity contribution in [2.45, 2.75) is 25.8 Å². The van der Waals surface area contributed by atoms with Crippen LogP contribution in [0.5, 0.6) is 0 Å². The van der Waals surface area contributed by atoms with E-state index in [2.05, 4.69) is 28.2 Å². The van der Waals surface area contributed by atoms with E-state index in [1.165, 1.54) is 5.56 Å². The first kappa shape index (κ1) is 15.5. The van der Waals surface area contributed by atoms with Gasteiger partial charge >= 0.3 is 0 Å². The van der Waals surface area contributed by atoms with E-state index in [1.807, 2.05) is 24.3 Å². The van der Waals surface area contributed by atoms with Crippen molar-refractivity contribution < 1.29 is 13.5 Å². The average Bonchev–Trinajstić information content (AvgIpc) is 2.35. The molecule has 0 aromatic heterocycles. The highest BCUT2D eigenvalue weighted by atomic mass is 79.9. The summed E-state index contributed by atoms with van der Waals surface area (Å²) < 4.78 is 29.5. The predicted octanol–water partition coefficient (Wildman–Crippen LogP) is 3.77. The molecule has 0 aliphatic carbocycles. The zero-order valence-corrected chi connectivity index (χ0v) is 11.9. The Kier molecular flexibility index (Phi) is 7.39. The van der Waals surface area contributed by atoms with Crippen molar-refractivity contribution in [3.8, 4) is 0 Å². The summed E-state index contributed by atoms with van der Waals surface area (Å²) in [6.07, 6.45) is -1.45. The summed E-state index contributed by atoms with van der Waals surface area (Å²) in [5.74, 6) is 0. The molecule has 1 aromatic rings. The lowest BCUT2D eigenvalue weighted by Gasteiger charge is -2.17. The van der Waals surface area contributed by atoms with Gasteiger partial charge < -0.3 is 10.1 Å². The summed E-state index contributed by atoms with van der Waals surface area (Å²) in [6, 6.07) is 8.31. The van der Waals surface area contributed by atoms with E-state index < -0.39 is 13.0 Å². The Morgan fingerprint density at radius 3 is 2.50 bits per heavy atom. The maximum atomic E-state index is 11.8. The molecule has 0 heterocycles. The Morgan fingerprint density at radius 1 is 1.28 bits per heavy atom. The fraction of sp³-hybridized carbons (Fsp3) is 0.538. The van der Waals surface area contributed by atoms with Crippen LogP contribution >= 0.6 is 15.9 Å². The van der Waals surface area contributed by atoms with E-state index in [0.717, 1.165) is 10.9 Å². The second-order valence-corrected chi connectivity index (χ2v) is 4.85. The Hall–Kier alpha value is -0.520. The molecular weight excluding hydrogens is 304 g/mol. The van der Waals surface area contributed by atoms with Crippen molar-refractivity contribution in [3.05, 3.63) is 34.3 Å². The second kappa shape index (κ2) is 8.56. The smallest absolute Gasteiger partial charge is 0.261 e. The number of ether oxygens (including phenoxy) is 1. The first-order valence-corrected chi connectivity index (χ1v) is 6.77. The van der Waals surface area contributed by atoms with E-state index in [4.69, 9.17) is 4.74 Å². The van der Waals surface area contributed by atoms with Gasteiger partial charge in [0.1, 0.15) is 6.61 Å². The van der Waals surface area contributed by atoms with Gasteiger partial charge in [-0.2, -0.15) is 0 Å². The van der Waals surface area contributed by atoms with E-state index >= 15 is 0 Å². The Bertz CT molecular complexity index is 332. The lowest BCUT2D eigenvalue weighted by Crippen LogP contribution is -2.25. The molecule has 0 aliphatic rings. The van der Waals surface area contributed by atoms with Crippen LogP contribution < -0.4 is 5.32 Å². The molecule has 1 N–H and O–H groups in total. The number of benzene rings is 1. The number of nitrogens with one attached hydrogen (secondary N) is 1. The molecule has 0 spiro atoms. The third-order valence-electron chi connectivity index (χ3n) is 2.56. The van der Waals surface area contributed by atoms with Crippen LogP contribution in [0.4, 0.5) is 8.78 Å². The molecule has 0 amide bonds. The van der Waals surface area contributed by atoms with Crippen LogP contribution in [0.1, 0.15) is 24.9 Å². The van der Waals surface area contributed by atoms with Gasteiger partial charge in [0.15, 0.2) is 0 Å². The number of hydrogen-bond donors (Lipinski definition) is 1. The second-order valence-electron chi connectivity index (χ2n) is 3.93. The van der Waals surface area contributed by atoms with Crippen LogP contribution in [-0.4, -0.2) is 26.2 Å². The van der Waals surface area contributed by atoms with Gasteiger partial charge in [-0.05, 0) is 24.1 Å². The van der Waals surface area contributed by atoms with Crippen molar-refractivity contribution in [1.82, 2.24) is 5.32 Å². The van der Waals surface area contributed by atoms with Gasteiger partial charge in [0.05, 0.1) is 6.61 Å². The monoisotopic (exact) mass is 321 g/mol. The SMILES string of the molecule is CCC(NCCOCC(F)F)c1ccc(Br)cc1. The van der Waals surface area contributed by atoms with Crippen LogP contribution in [0.3, 0.4) is 0 Å². The molecule has 5 heteroatoms. The van der Waals surface area contributed by atoms with Gasteiger partial charge in [0, 0.05) is 17.1 Å². The van der Waals surface area contributed by atoms with Gasteiger partial charge in [-0.1, -0.05) is 35.0 Å². The minimum Gasteiger partial charge on any atom is -0.374 e. The summed E-state index contributed by atoms with van der Waals surface area (Å²) in [5.41, 5.74) is 1.19. The fourth-order valence-corrected chi connectivity index (χ4v) is 1.94. The molecule has 0 radical (unpaired) electrons. The van der Waals surface area contributed by atoms with Gasteiger partial charge in [0.25, 0.3) is 6.43 Å². The van der Waals surface area contributed by atoms with Crippen LogP contribution in [0.2, 0.25) is 0 Å². The van der Waals surface area contributed by atoms with Gasteiger partial charge in [-0.15, -0.1) is 0 Å². The standard InChI is InChI=1S/C13H18BrF2NO/c1-2-12(10-3-5-11(14)6-4-10)17-7-8-18-9-13(15)16/h3-6,12-13,17H,2,7-9H2,1H3. The predicted molar refractivity (Wildman–Crippen MR) is 72.0 cm³/mol.